The molecule has 3 aromatic rings. The molecular weight excluding hydrogens is 363 g/mol. The Balaban J connectivity index is 1.66. The number of halogens is 1. The number of carbonyl (C=O) groups excluding carboxylic acids is 1. The topological polar surface area (TPSA) is 107 Å². The van der Waals surface area contributed by atoms with Crippen molar-refractivity contribution >= 4 is 5.91 Å². The molecule has 0 aliphatic heterocycles. The summed E-state index contributed by atoms with van der Waals surface area (Å²) < 4.78 is 20.9. The van der Waals surface area contributed by atoms with Crippen LogP contribution in [0.3, 0.4) is 0 Å². The molecule has 0 bridgehead atoms. The molecule has 2 heterocycles. The maximum Gasteiger partial charge on any atom is 0.286 e. The summed E-state index contributed by atoms with van der Waals surface area (Å²) in [6.45, 7) is 0. The van der Waals surface area contributed by atoms with E-state index >= 15 is 0 Å². The third kappa shape index (κ3) is 3.49. The minimum Gasteiger partial charge on any atom is -0.505 e. The van der Waals surface area contributed by atoms with Crippen LogP contribution in [0.5, 0.6) is 5.75 Å². The summed E-state index contributed by atoms with van der Waals surface area (Å²) in [5.74, 6) is -1.95. The number of hydrogen-bond acceptors (Lipinski definition) is 5. The molecule has 0 spiro atoms. The Morgan fingerprint density at radius 1 is 1.29 bits per heavy atom. The highest BCUT2D eigenvalue weighted by molar-refractivity contribution is 5.91. The molecule has 1 amide bonds. The van der Waals surface area contributed by atoms with Crippen LogP contribution >= 0.6 is 0 Å². The van der Waals surface area contributed by atoms with Crippen LogP contribution in [0.2, 0.25) is 0 Å². The number of hydrogen-bond donors (Lipinski definition) is 2. The van der Waals surface area contributed by atoms with Crippen LogP contribution in [-0.4, -0.2) is 25.8 Å². The fourth-order valence-electron chi connectivity index (χ4n) is 3.74. The molecule has 8 heteroatoms. The van der Waals surface area contributed by atoms with Crippen LogP contribution in [0.25, 0.3) is 11.5 Å². The number of primary amides is 1. The van der Waals surface area contributed by atoms with Gasteiger partial charge in [-0.3, -0.25) is 9.48 Å². The van der Waals surface area contributed by atoms with Gasteiger partial charge in [-0.1, -0.05) is 19.3 Å². The maximum atomic E-state index is 13.3. The van der Waals surface area contributed by atoms with Crippen molar-refractivity contribution in [1.82, 2.24) is 14.8 Å². The van der Waals surface area contributed by atoms with E-state index in [4.69, 9.17) is 10.2 Å². The average Bonchev–Trinajstić information content (AvgIpc) is 3.32. The first-order chi connectivity index (χ1) is 13.5. The van der Waals surface area contributed by atoms with Gasteiger partial charge < -0.3 is 15.3 Å². The number of phenols is 1. The first kappa shape index (κ1) is 18.2. The number of amides is 1. The lowest BCUT2D eigenvalue weighted by molar-refractivity contribution is 0.0973. The van der Waals surface area contributed by atoms with E-state index in [0.717, 1.165) is 24.6 Å². The number of rotatable bonds is 5. The summed E-state index contributed by atoms with van der Waals surface area (Å²) >= 11 is 0. The van der Waals surface area contributed by atoms with Gasteiger partial charge in [-0.25, -0.2) is 9.37 Å². The second kappa shape index (κ2) is 7.46. The second-order valence-electron chi connectivity index (χ2n) is 7.06. The molecule has 1 saturated carbocycles. The molecule has 2 aromatic heterocycles. The number of aromatic nitrogens is 3. The lowest BCUT2D eigenvalue weighted by Crippen LogP contribution is -2.18. The lowest BCUT2D eigenvalue weighted by Gasteiger charge is -2.23. The number of carbonyl (C=O) groups is 1. The molecule has 28 heavy (non-hydrogen) atoms. The van der Waals surface area contributed by atoms with E-state index in [-0.39, 0.29) is 11.7 Å². The maximum absolute atomic E-state index is 13.3. The zero-order valence-corrected chi connectivity index (χ0v) is 15.3. The third-order valence-electron chi connectivity index (χ3n) is 5.14. The number of oxazole rings is 1. The Hall–Kier alpha value is -3.16. The van der Waals surface area contributed by atoms with Crippen LogP contribution in [0.15, 0.2) is 34.9 Å². The molecule has 1 aromatic carbocycles. The molecule has 0 radical (unpaired) electrons. The molecule has 1 aliphatic rings. The summed E-state index contributed by atoms with van der Waals surface area (Å²) in [5.41, 5.74) is 7.14. The SMILES string of the molecule is NC(=O)c1oc(-c2ccc(F)c(O)c2)nc1Cc1ccnn1C1CCCCC1. The largest absolute Gasteiger partial charge is 0.505 e. The average molecular weight is 384 g/mol. The van der Waals surface area contributed by atoms with E-state index in [1.54, 1.807) is 6.20 Å². The highest BCUT2D eigenvalue weighted by atomic mass is 19.1. The normalized spacial score (nSPS) is 15.0. The first-order valence-electron chi connectivity index (χ1n) is 9.33. The Morgan fingerprint density at radius 2 is 2.07 bits per heavy atom. The van der Waals surface area contributed by atoms with Crippen molar-refractivity contribution in [2.75, 3.05) is 0 Å². The fraction of sp³-hybridized carbons (Fsp3) is 0.350. The van der Waals surface area contributed by atoms with E-state index in [1.165, 1.54) is 31.4 Å². The fourth-order valence-corrected chi connectivity index (χ4v) is 3.74. The van der Waals surface area contributed by atoms with E-state index in [2.05, 4.69) is 10.1 Å². The van der Waals surface area contributed by atoms with Crippen LogP contribution in [0.4, 0.5) is 4.39 Å². The van der Waals surface area contributed by atoms with Gasteiger partial charge in [0.2, 0.25) is 11.7 Å². The van der Waals surface area contributed by atoms with Gasteiger partial charge >= 0.3 is 0 Å². The molecule has 7 nitrogen and oxygen atoms in total. The van der Waals surface area contributed by atoms with Gasteiger partial charge in [-0.15, -0.1) is 0 Å². The summed E-state index contributed by atoms with van der Waals surface area (Å²) in [4.78, 5) is 16.3. The zero-order valence-electron chi connectivity index (χ0n) is 15.3. The molecule has 4 rings (SSSR count). The molecule has 0 unspecified atom stereocenters. The molecule has 0 atom stereocenters. The van der Waals surface area contributed by atoms with Crippen molar-refractivity contribution in [2.24, 2.45) is 5.73 Å². The van der Waals surface area contributed by atoms with Crippen LogP contribution < -0.4 is 5.73 Å². The number of nitrogens with two attached hydrogens (primary N) is 1. The molecular formula is C20H21FN4O3. The number of aromatic hydroxyl groups is 1. The second-order valence-corrected chi connectivity index (χ2v) is 7.06. The van der Waals surface area contributed by atoms with Gasteiger partial charge in [0.1, 0.15) is 0 Å². The Morgan fingerprint density at radius 3 is 2.79 bits per heavy atom. The number of phenolic OH excluding ortho intramolecular Hbond substituents is 1. The summed E-state index contributed by atoms with van der Waals surface area (Å²) in [6.07, 6.45) is 7.85. The van der Waals surface area contributed by atoms with Gasteiger partial charge in [0, 0.05) is 23.9 Å². The van der Waals surface area contributed by atoms with Crippen molar-refractivity contribution in [1.29, 1.82) is 0 Å². The van der Waals surface area contributed by atoms with Crippen molar-refractivity contribution in [3.8, 4) is 17.2 Å². The molecule has 0 saturated heterocycles. The number of nitrogens with zero attached hydrogens (tertiary/aromatic N) is 3. The van der Waals surface area contributed by atoms with E-state index < -0.39 is 17.5 Å². The molecule has 3 N–H and O–H groups in total. The van der Waals surface area contributed by atoms with E-state index in [9.17, 15) is 14.3 Å². The van der Waals surface area contributed by atoms with Crippen LogP contribution in [-0.2, 0) is 6.42 Å². The predicted octanol–water partition coefficient (Wildman–Crippen LogP) is 3.58. The predicted molar refractivity (Wildman–Crippen MR) is 99.2 cm³/mol. The van der Waals surface area contributed by atoms with Gasteiger partial charge in [0.05, 0.1) is 11.7 Å². The van der Waals surface area contributed by atoms with Gasteiger partial charge in [0.15, 0.2) is 11.6 Å². The summed E-state index contributed by atoms with van der Waals surface area (Å²) in [5, 5.41) is 14.1. The van der Waals surface area contributed by atoms with Gasteiger partial charge in [-0.2, -0.15) is 5.10 Å². The lowest BCUT2D eigenvalue weighted by atomic mass is 9.95. The van der Waals surface area contributed by atoms with Crippen molar-refractivity contribution < 1.29 is 18.7 Å². The first-order valence-corrected chi connectivity index (χ1v) is 9.33. The summed E-state index contributed by atoms with van der Waals surface area (Å²) in [6, 6.07) is 5.97. The minimum atomic E-state index is -0.748. The Kier molecular flexibility index (Phi) is 4.85. The number of benzene rings is 1. The zero-order chi connectivity index (χ0) is 19.7. The van der Waals surface area contributed by atoms with E-state index in [1.807, 2.05) is 10.7 Å². The molecule has 146 valence electrons. The monoisotopic (exact) mass is 384 g/mol. The molecule has 1 aliphatic carbocycles. The Bertz CT molecular complexity index is 1000. The van der Waals surface area contributed by atoms with Crippen molar-refractivity contribution in [2.45, 2.75) is 44.6 Å². The van der Waals surface area contributed by atoms with Gasteiger partial charge in [0.25, 0.3) is 5.91 Å². The standard InChI is InChI=1S/C20H21FN4O3/c21-15-7-6-12(10-17(15)26)20-24-16(18(28-20)19(22)27)11-14-8-9-23-25(14)13-4-2-1-3-5-13/h6-10,13,26H,1-5,11H2,(H2,22,27). The Labute approximate surface area is 161 Å². The smallest absolute Gasteiger partial charge is 0.286 e. The van der Waals surface area contributed by atoms with Crippen LogP contribution in [0, 0.1) is 5.82 Å². The van der Waals surface area contributed by atoms with Crippen LogP contribution in [0.1, 0.15) is 60.1 Å². The molecule has 1 fully saturated rings. The van der Waals surface area contributed by atoms with Crippen molar-refractivity contribution in [3.63, 3.8) is 0 Å². The quantitative estimate of drug-likeness (QED) is 0.699. The third-order valence-corrected chi connectivity index (χ3v) is 5.14. The van der Waals surface area contributed by atoms with Gasteiger partial charge in [-0.05, 0) is 37.1 Å². The summed E-state index contributed by atoms with van der Waals surface area (Å²) in [7, 11) is 0. The van der Waals surface area contributed by atoms with E-state index in [0.29, 0.717) is 23.7 Å². The van der Waals surface area contributed by atoms with Crippen molar-refractivity contribution in [3.05, 3.63) is 53.4 Å². The highest BCUT2D eigenvalue weighted by Gasteiger charge is 2.23. The minimum absolute atomic E-state index is 0.0461. The highest BCUT2D eigenvalue weighted by Crippen LogP contribution is 2.31.